The number of likely N-dealkylation sites (tertiary alicyclic amines) is 2. The highest BCUT2D eigenvalue weighted by Crippen LogP contribution is 2.29. The molecule has 2 fully saturated rings. The van der Waals surface area contributed by atoms with Crippen molar-refractivity contribution < 1.29 is 4.79 Å². The second-order valence-corrected chi connectivity index (χ2v) is 6.47. The van der Waals surface area contributed by atoms with Crippen molar-refractivity contribution >= 4 is 5.91 Å². The molecule has 0 saturated carbocycles. The van der Waals surface area contributed by atoms with Crippen molar-refractivity contribution in [3.63, 3.8) is 0 Å². The molecule has 1 amide bonds. The number of amides is 1. The zero-order valence-corrected chi connectivity index (χ0v) is 13.2. The van der Waals surface area contributed by atoms with E-state index in [9.17, 15) is 4.79 Å². The Kier molecular flexibility index (Phi) is 4.44. The van der Waals surface area contributed by atoms with Crippen molar-refractivity contribution in [3.05, 3.63) is 35.4 Å². The van der Waals surface area contributed by atoms with Crippen LogP contribution in [0.2, 0.25) is 0 Å². The fourth-order valence-electron chi connectivity index (χ4n) is 3.90. The lowest BCUT2D eigenvalue weighted by atomic mass is 10.0. The molecule has 0 radical (unpaired) electrons. The third-order valence-corrected chi connectivity index (χ3v) is 5.08. The van der Waals surface area contributed by atoms with E-state index in [0.29, 0.717) is 24.1 Å². The van der Waals surface area contributed by atoms with Crippen LogP contribution in [-0.2, 0) is 11.2 Å². The van der Waals surface area contributed by atoms with Crippen molar-refractivity contribution in [2.24, 2.45) is 0 Å². The molecule has 2 saturated heterocycles. The first-order chi connectivity index (χ1) is 10.7. The number of hydrogen-bond acceptors (Lipinski definition) is 3. The zero-order valence-electron chi connectivity index (χ0n) is 13.2. The predicted molar refractivity (Wildman–Crippen MR) is 85.2 cm³/mol. The second-order valence-electron chi connectivity index (χ2n) is 6.47. The van der Waals surface area contributed by atoms with Gasteiger partial charge in [0.1, 0.15) is 0 Å². The number of carbonyl (C=O) groups is 1. The van der Waals surface area contributed by atoms with Crippen LogP contribution in [0.5, 0.6) is 0 Å². The van der Waals surface area contributed by atoms with E-state index in [0.717, 1.165) is 31.5 Å². The number of rotatable bonds is 3. The first-order valence-electron chi connectivity index (χ1n) is 8.18. The van der Waals surface area contributed by atoms with Gasteiger partial charge >= 0.3 is 0 Å². The molecule has 2 aliphatic heterocycles. The standard InChI is InChI=1S/C18H23N3O/c1-20-10-2-4-16(20)17-5-3-11-21(17)18(22)12-14-6-8-15(13-19)9-7-14/h6-9,16-17H,2-5,10-12H2,1H3/t16-,17-/m0/s1. The number of hydrogen-bond donors (Lipinski definition) is 0. The van der Waals surface area contributed by atoms with Crippen LogP contribution in [0.1, 0.15) is 36.8 Å². The van der Waals surface area contributed by atoms with E-state index in [1.54, 1.807) is 12.1 Å². The predicted octanol–water partition coefficient (Wildman–Crippen LogP) is 2.19. The molecule has 116 valence electrons. The summed E-state index contributed by atoms with van der Waals surface area (Å²) in [6.07, 6.45) is 5.15. The van der Waals surface area contributed by atoms with E-state index in [1.807, 2.05) is 12.1 Å². The number of likely N-dealkylation sites (N-methyl/N-ethyl adjacent to an activating group) is 1. The van der Waals surface area contributed by atoms with Crippen LogP contribution in [0.4, 0.5) is 0 Å². The highest BCUT2D eigenvalue weighted by molar-refractivity contribution is 5.79. The highest BCUT2D eigenvalue weighted by Gasteiger charge is 2.38. The molecule has 3 rings (SSSR count). The summed E-state index contributed by atoms with van der Waals surface area (Å²) in [5.74, 6) is 0.229. The maximum absolute atomic E-state index is 12.7. The number of nitrogens with zero attached hydrogens (tertiary/aromatic N) is 3. The minimum Gasteiger partial charge on any atom is -0.338 e. The van der Waals surface area contributed by atoms with Gasteiger partial charge in [0, 0.05) is 18.6 Å². The molecule has 2 atom stereocenters. The third kappa shape index (κ3) is 3.00. The maximum atomic E-state index is 12.7. The average Bonchev–Trinajstić information content (AvgIpc) is 3.16. The van der Waals surface area contributed by atoms with Crippen molar-refractivity contribution in [2.75, 3.05) is 20.1 Å². The molecule has 2 heterocycles. The topological polar surface area (TPSA) is 47.3 Å². The van der Waals surface area contributed by atoms with Gasteiger partial charge in [0.15, 0.2) is 0 Å². The van der Waals surface area contributed by atoms with Crippen LogP contribution in [-0.4, -0.2) is 47.9 Å². The van der Waals surface area contributed by atoms with Crippen LogP contribution < -0.4 is 0 Å². The minimum atomic E-state index is 0.229. The fourth-order valence-corrected chi connectivity index (χ4v) is 3.90. The SMILES string of the molecule is CN1CCC[C@H]1[C@@H]1CCCN1C(=O)Cc1ccc(C#N)cc1. The lowest BCUT2D eigenvalue weighted by molar-refractivity contribution is -0.132. The lowest BCUT2D eigenvalue weighted by Crippen LogP contribution is -2.47. The van der Waals surface area contributed by atoms with Gasteiger partial charge in [-0.3, -0.25) is 4.79 Å². The van der Waals surface area contributed by atoms with Crippen molar-refractivity contribution in [1.82, 2.24) is 9.80 Å². The summed E-state index contributed by atoms with van der Waals surface area (Å²) in [6.45, 7) is 2.04. The van der Waals surface area contributed by atoms with Gasteiger partial charge in [-0.1, -0.05) is 12.1 Å². The molecular weight excluding hydrogens is 274 g/mol. The first kappa shape index (κ1) is 15.1. The summed E-state index contributed by atoms with van der Waals surface area (Å²) in [5.41, 5.74) is 1.64. The van der Waals surface area contributed by atoms with Crippen LogP contribution in [0.15, 0.2) is 24.3 Å². The molecule has 0 unspecified atom stereocenters. The molecular formula is C18H23N3O. The quantitative estimate of drug-likeness (QED) is 0.859. The average molecular weight is 297 g/mol. The Hall–Kier alpha value is -1.86. The van der Waals surface area contributed by atoms with Crippen molar-refractivity contribution in [2.45, 2.75) is 44.2 Å². The number of carbonyl (C=O) groups excluding carboxylic acids is 1. The Morgan fingerprint density at radius 1 is 1.18 bits per heavy atom. The molecule has 0 bridgehead atoms. The van der Waals surface area contributed by atoms with E-state index in [2.05, 4.69) is 22.9 Å². The van der Waals surface area contributed by atoms with E-state index >= 15 is 0 Å². The summed E-state index contributed by atoms with van der Waals surface area (Å²) >= 11 is 0. The van der Waals surface area contributed by atoms with Gasteiger partial charge in [-0.05, 0) is 57.0 Å². The second kappa shape index (κ2) is 6.50. The Bertz CT molecular complexity index is 575. The Morgan fingerprint density at radius 3 is 2.50 bits per heavy atom. The van der Waals surface area contributed by atoms with Gasteiger partial charge < -0.3 is 9.80 Å². The molecule has 22 heavy (non-hydrogen) atoms. The third-order valence-electron chi connectivity index (χ3n) is 5.08. The maximum Gasteiger partial charge on any atom is 0.227 e. The van der Waals surface area contributed by atoms with Gasteiger partial charge in [-0.2, -0.15) is 5.26 Å². The first-order valence-corrected chi connectivity index (χ1v) is 8.18. The van der Waals surface area contributed by atoms with Gasteiger partial charge in [-0.25, -0.2) is 0 Å². The van der Waals surface area contributed by atoms with Crippen LogP contribution in [0.25, 0.3) is 0 Å². The number of nitriles is 1. The van der Waals surface area contributed by atoms with Gasteiger partial charge in [0.25, 0.3) is 0 Å². The molecule has 4 nitrogen and oxygen atoms in total. The summed E-state index contributed by atoms with van der Waals surface area (Å²) in [5, 5.41) is 8.83. The normalized spacial score (nSPS) is 25.4. The van der Waals surface area contributed by atoms with E-state index < -0.39 is 0 Å². The van der Waals surface area contributed by atoms with E-state index in [1.165, 1.54) is 12.8 Å². The number of benzene rings is 1. The Labute approximate surface area is 132 Å². The minimum absolute atomic E-state index is 0.229. The van der Waals surface area contributed by atoms with Crippen LogP contribution in [0.3, 0.4) is 0 Å². The largest absolute Gasteiger partial charge is 0.338 e. The Morgan fingerprint density at radius 2 is 1.86 bits per heavy atom. The van der Waals surface area contributed by atoms with Gasteiger partial charge in [0.05, 0.1) is 18.1 Å². The molecule has 1 aromatic rings. The van der Waals surface area contributed by atoms with Crippen molar-refractivity contribution in [1.29, 1.82) is 5.26 Å². The summed E-state index contributed by atoms with van der Waals surface area (Å²) in [4.78, 5) is 17.2. The van der Waals surface area contributed by atoms with E-state index in [-0.39, 0.29) is 5.91 Å². The zero-order chi connectivity index (χ0) is 15.5. The molecule has 0 aliphatic carbocycles. The van der Waals surface area contributed by atoms with Crippen LogP contribution in [0, 0.1) is 11.3 Å². The molecule has 0 spiro atoms. The molecule has 4 heteroatoms. The Balaban J connectivity index is 1.66. The summed E-state index contributed by atoms with van der Waals surface area (Å²) in [6, 6.07) is 10.4. The lowest BCUT2D eigenvalue weighted by Gasteiger charge is -2.33. The van der Waals surface area contributed by atoms with E-state index in [4.69, 9.17) is 5.26 Å². The molecule has 2 aliphatic rings. The van der Waals surface area contributed by atoms with Crippen molar-refractivity contribution in [3.8, 4) is 6.07 Å². The monoisotopic (exact) mass is 297 g/mol. The molecule has 0 N–H and O–H groups in total. The smallest absolute Gasteiger partial charge is 0.227 e. The van der Waals surface area contributed by atoms with Gasteiger partial charge in [-0.15, -0.1) is 0 Å². The van der Waals surface area contributed by atoms with Gasteiger partial charge in [0.2, 0.25) is 5.91 Å². The van der Waals surface area contributed by atoms with Crippen LogP contribution >= 0.6 is 0 Å². The fraction of sp³-hybridized carbons (Fsp3) is 0.556. The molecule has 1 aromatic carbocycles. The summed E-state index contributed by atoms with van der Waals surface area (Å²) < 4.78 is 0. The molecule has 0 aromatic heterocycles. The highest BCUT2D eigenvalue weighted by atomic mass is 16.2. The summed E-state index contributed by atoms with van der Waals surface area (Å²) in [7, 11) is 2.18.